The van der Waals surface area contributed by atoms with Gasteiger partial charge in [-0.3, -0.25) is 19.5 Å². The molecule has 3 aromatic heterocycles. The molecule has 0 aliphatic rings. The zero-order valence-electron chi connectivity index (χ0n) is 15.4. The fraction of sp³-hybridized carbons (Fsp3) is 0.167. The Morgan fingerprint density at radius 3 is 2.79 bits per heavy atom. The van der Waals surface area contributed by atoms with Crippen molar-refractivity contribution in [3.8, 4) is 5.69 Å². The number of fused-ring (bicyclic) bond motifs is 3. The van der Waals surface area contributed by atoms with Gasteiger partial charge in [0.15, 0.2) is 11.2 Å². The van der Waals surface area contributed by atoms with Crippen LogP contribution in [0.2, 0.25) is 0 Å². The van der Waals surface area contributed by atoms with E-state index in [9.17, 15) is 19.7 Å². The Morgan fingerprint density at radius 2 is 2.07 bits per heavy atom. The van der Waals surface area contributed by atoms with Gasteiger partial charge < -0.3 is 4.74 Å². The molecule has 3 heterocycles. The number of ether oxygens (including phenoxy) is 1. The monoisotopic (exact) mass is 394 g/mol. The van der Waals surface area contributed by atoms with Gasteiger partial charge in [0.2, 0.25) is 0 Å². The van der Waals surface area contributed by atoms with Crippen molar-refractivity contribution in [2.45, 2.75) is 13.8 Å². The lowest BCUT2D eigenvalue weighted by molar-refractivity contribution is -0.385. The van der Waals surface area contributed by atoms with Crippen molar-refractivity contribution in [2.75, 3.05) is 6.61 Å². The highest BCUT2D eigenvalue weighted by atomic mass is 16.6. The fourth-order valence-corrected chi connectivity index (χ4v) is 2.99. The van der Waals surface area contributed by atoms with Crippen LogP contribution < -0.4 is 5.56 Å². The molecule has 0 amide bonds. The van der Waals surface area contributed by atoms with Gasteiger partial charge in [0, 0.05) is 17.8 Å². The summed E-state index contributed by atoms with van der Waals surface area (Å²) < 4.78 is 7.54. The van der Waals surface area contributed by atoms with Gasteiger partial charge in [-0.1, -0.05) is 6.07 Å². The Bertz CT molecular complexity index is 1360. The maximum Gasteiger partial charge on any atom is 0.343 e. The number of carbonyl (C=O) groups is 1. The number of esters is 1. The zero-order chi connectivity index (χ0) is 20.7. The molecule has 0 radical (unpaired) electrons. The van der Waals surface area contributed by atoms with Crippen LogP contribution >= 0.6 is 0 Å². The van der Waals surface area contributed by atoms with Gasteiger partial charge in [-0.25, -0.2) is 9.31 Å². The summed E-state index contributed by atoms with van der Waals surface area (Å²) in [4.78, 5) is 35.6. The highest BCUT2D eigenvalue weighted by Gasteiger charge is 2.19. The van der Waals surface area contributed by atoms with E-state index in [1.54, 1.807) is 32.0 Å². The Labute approximate surface area is 162 Å². The third-order valence-corrected chi connectivity index (χ3v) is 4.43. The molecule has 0 aliphatic heterocycles. The highest BCUT2D eigenvalue weighted by molar-refractivity contribution is 5.96. The van der Waals surface area contributed by atoms with E-state index in [0.29, 0.717) is 16.8 Å². The number of pyridine rings is 1. The van der Waals surface area contributed by atoms with Crippen molar-refractivity contribution in [2.24, 2.45) is 0 Å². The van der Waals surface area contributed by atoms with Crippen molar-refractivity contribution < 1.29 is 14.5 Å². The summed E-state index contributed by atoms with van der Waals surface area (Å²) in [7, 11) is 0. The number of nitro benzene ring substituents is 1. The number of nitro groups is 1. The number of aryl methyl sites for hydroxylation is 1. The lowest BCUT2D eigenvalue weighted by atomic mass is 10.2. The minimum Gasteiger partial charge on any atom is -0.462 e. The van der Waals surface area contributed by atoms with Gasteiger partial charge in [0.05, 0.1) is 23.4 Å². The summed E-state index contributed by atoms with van der Waals surface area (Å²) in [6, 6.07) is 6.07. The van der Waals surface area contributed by atoms with Gasteiger partial charge in [0.1, 0.15) is 11.1 Å². The van der Waals surface area contributed by atoms with Crippen LogP contribution in [-0.4, -0.2) is 41.9 Å². The van der Waals surface area contributed by atoms with E-state index in [1.807, 2.05) is 0 Å². The Morgan fingerprint density at radius 1 is 1.28 bits per heavy atom. The molecular weight excluding hydrogens is 380 g/mol. The smallest absolute Gasteiger partial charge is 0.343 e. The van der Waals surface area contributed by atoms with E-state index in [-0.39, 0.29) is 29.0 Å². The van der Waals surface area contributed by atoms with Crippen LogP contribution in [0.1, 0.15) is 22.8 Å². The van der Waals surface area contributed by atoms with Crippen LogP contribution in [0.4, 0.5) is 5.69 Å². The molecule has 4 rings (SSSR count). The predicted octanol–water partition coefficient (Wildman–Crippen LogP) is 1.82. The molecular formula is C18H14N6O5. The average Bonchev–Trinajstić information content (AvgIpc) is 3.13. The summed E-state index contributed by atoms with van der Waals surface area (Å²) in [5.41, 5.74) is 0.833. The van der Waals surface area contributed by atoms with Crippen molar-refractivity contribution in [3.05, 3.63) is 68.3 Å². The van der Waals surface area contributed by atoms with E-state index >= 15 is 0 Å². The van der Waals surface area contributed by atoms with E-state index in [2.05, 4.69) is 15.3 Å². The fourth-order valence-electron chi connectivity index (χ4n) is 2.99. The maximum absolute atomic E-state index is 12.9. The van der Waals surface area contributed by atoms with Crippen molar-refractivity contribution in [1.29, 1.82) is 0 Å². The summed E-state index contributed by atoms with van der Waals surface area (Å²) in [5.74, 6) is -0.587. The number of carbonyl (C=O) groups excluding carboxylic acids is 1. The van der Waals surface area contributed by atoms with Crippen LogP contribution in [-0.2, 0) is 4.74 Å². The van der Waals surface area contributed by atoms with Crippen molar-refractivity contribution >= 4 is 28.3 Å². The summed E-state index contributed by atoms with van der Waals surface area (Å²) in [6.45, 7) is 3.50. The van der Waals surface area contributed by atoms with Gasteiger partial charge in [-0.2, -0.15) is 5.10 Å². The van der Waals surface area contributed by atoms with E-state index in [0.717, 1.165) is 0 Å². The highest BCUT2D eigenvalue weighted by Crippen LogP contribution is 2.21. The third kappa shape index (κ3) is 2.88. The Kier molecular flexibility index (Phi) is 4.26. The standard InChI is InChI=1S/C18H14N6O5/c1-3-29-18(26)12-9-19-23-13-6-7-22(17(25)15(13)20-21-16(12)23)11-5-4-10(2)14(8-11)24(27)28/h4-9H,3H2,1-2H3. The molecule has 0 saturated carbocycles. The average molecular weight is 394 g/mol. The second kappa shape index (κ2) is 6.78. The first-order valence-electron chi connectivity index (χ1n) is 8.60. The van der Waals surface area contributed by atoms with Crippen molar-refractivity contribution in [1.82, 2.24) is 24.4 Å². The van der Waals surface area contributed by atoms with Crippen LogP contribution in [0.25, 0.3) is 22.4 Å². The Balaban J connectivity index is 1.90. The number of rotatable bonds is 4. The topological polar surface area (TPSA) is 135 Å². The molecule has 1 aromatic carbocycles. The molecule has 0 bridgehead atoms. The van der Waals surface area contributed by atoms with E-state index < -0.39 is 16.5 Å². The Hall–Kier alpha value is -4.15. The lowest BCUT2D eigenvalue weighted by Gasteiger charge is -2.08. The van der Waals surface area contributed by atoms with Crippen LogP contribution in [0.15, 0.2) is 41.5 Å². The first-order chi connectivity index (χ1) is 13.9. The normalized spacial score (nSPS) is 11.1. The minimum absolute atomic E-state index is 0.00161. The van der Waals surface area contributed by atoms with Gasteiger partial charge in [-0.15, -0.1) is 10.2 Å². The number of nitrogens with zero attached hydrogens (tertiary/aromatic N) is 6. The van der Waals surface area contributed by atoms with Crippen LogP contribution in [0.3, 0.4) is 0 Å². The summed E-state index contributed by atoms with van der Waals surface area (Å²) in [5, 5.41) is 23.2. The molecule has 4 aromatic rings. The molecule has 146 valence electrons. The summed E-state index contributed by atoms with van der Waals surface area (Å²) in [6.07, 6.45) is 2.77. The van der Waals surface area contributed by atoms with Gasteiger partial charge in [-0.05, 0) is 26.0 Å². The van der Waals surface area contributed by atoms with E-state index in [1.165, 1.54) is 27.5 Å². The molecule has 0 saturated heterocycles. The molecule has 0 spiro atoms. The van der Waals surface area contributed by atoms with Gasteiger partial charge >= 0.3 is 5.97 Å². The second-order valence-electron chi connectivity index (χ2n) is 6.17. The third-order valence-electron chi connectivity index (χ3n) is 4.43. The minimum atomic E-state index is -0.587. The number of hydrogen-bond acceptors (Lipinski definition) is 8. The first-order valence-corrected chi connectivity index (χ1v) is 8.60. The molecule has 29 heavy (non-hydrogen) atoms. The quantitative estimate of drug-likeness (QED) is 0.291. The predicted molar refractivity (Wildman–Crippen MR) is 101 cm³/mol. The molecule has 11 heteroatoms. The number of hydrogen-bond donors (Lipinski definition) is 0. The molecule has 0 fully saturated rings. The lowest BCUT2D eigenvalue weighted by Crippen LogP contribution is -2.20. The first kappa shape index (κ1) is 18.2. The molecule has 0 N–H and O–H groups in total. The van der Waals surface area contributed by atoms with Crippen molar-refractivity contribution in [3.63, 3.8) is 0 Å². The molecule has 11 nitrogen and oxygen atoms in total. The number of benzene rings is 1. The van der Waals surface area contributed by atoms with E-state index in [4.69, 9.17) is 4.74 Å². The zero-order valence-corrected chi connectivity index (χ0v) is 15.4. The maximum atomic E-state index is 12.9. The SMILES string of the molecule is CCOC(=O)c1cnn2c1nnc1c(=O)n(-c3ccc(C)c([N+](=O)[O-])c3)ccc12. The number of aromatic nitrogens is 5. The molecule has 0 aliphatic carbocycles. The molecule has 0 unspecified atom stereocenters. The van der Waals surface area contributed by atoms with Crippen LogP contribution in [0.5, 0.6) is 0 Å². The second-order valence-corrected chi connectivity index (χ2v) is 6.17. The largest absolute Gasteiger partial charge is 0.462 e. The van der Waals surface area contributed by atoms with Gasteiger partial charge in [0.25, 0.3) is 11.2 Å². The summed E-state index contributed by atoms with van der Waals surface area (Å²) >= 11 is 0. The van der Waals surface area contributed by atoms with Crippen LogP contribution in [0, 0.1) is 17.0 Å². The molecule has 0 atom stereocenters.